The van der Waals surface area contributed by atoms with Crippen molar-refractivity contribution in [2.45, 2.75) is 56.9 Å². The van der Waals surface area contributed by atoms with Gasteiger partial charge in [-0.3, -0.25) is 4.90 Å². The van der Waals surface area contributed by atoms with E-state index in [1.54, 1.807) is 0 Å². The van der Waals surface area contributed by atoms with Crippen LogP contribution in [0.25, 0.3) is 0 Å². The predicted molar refractivity (Wildman–Crippen MR) is 70.5 cm³/mol. The lowest BCUT2D eigenvalue weighted by atomic mass is 9.84. The Kier molecular flexibility index (Phi) is 3.89. The Morgan fingerprint density at radius 1 is 1.22 bits per heavy atom. The lowest BCUT2D eigenvalue weighted by molar-refractivity contribution is -0.192. The third-order valence-electron chi connectivity index (χ3n) is 4.71. The molecule has 2 unspecified atom stereocenters. The molecular formula is C14H26N2O2. The maximum absolute atomic E-state index is 5.92. The van der Waals surface area contributed by atoms with Gasteiger partial charge in [-0.15, -0.1) is 0 Å². The van der Waals surface area contributed by atoms with E-state index in [1.165, 1.54) is 32.4 Å². The van der Waals surface area contributed by atoms with Crippen molar-refractivity contribution in [2.75, 3.05) is 32.8 Å². The molecule has 1 saturated carbocycles. The Balaban J connectivity index is 1.70. The molecule has 2 heterocycles. The molecule has 4 nitrogen and oxygen atoms in total. The summed E-state index contributed by atoms with van der Waals surface area (Å²) in [6.07, 6.45) is 5.97. The third kappa shape index (κ3) is 2.44. The van der Waals surface area contributed by atoms with E-state index in [0.717, 1.165) is 32.6 Å². The molecule has 0 bridgehead atoms. The fraction of sp³-hybridized carbons (Fsp3) is 1.00. The van der Waals surface area contributed by atoms with Crippen molar-refractivity contribution in [3.8, 4) is 0 Å². The number of nitrogens with one attached hydrogen (secondary N) is 1. The first kappa shape index (κ1) is 12.9. The zero-order valence-corrected chi connectivity index (χ0v) is 11.5. The molecule has 18 heavy (non-hydrogen) atoms. The van der Waals surface area contributed by atoms with Crippen LogP contribution in [0.1, 0.15) is 39.0 Å². The Labute approximate surface area is 110 Å². The number of likely N-dealkylation sites (N-methyl/N-ethyl adjacent to an activating group) is 1. The Morgan fingerprint density at radius 2 is 1.94 bits per heavy atom. The normalized spacial score (nSPS) is 36.5. The van der Waals surface area contributed by atoms with Crippen molar-refractivity contribution in [3.63, 3.8) is 0 Å². The molecule has 0 amide bonds. The van der Waals surface area contributed by atoms with E-state index in [0.29, 0.717) is 12.1 Å². The van der Waals surface area contributed by atoms with Gasteiger partial charge in [0.05, 0.1) is 13.2 Å². The Morgan fingerprint density at radius 3 is 2.61 bits per heavy atom. The molecular weight excluding hydrogens is 228 g/mol. The minimum Gasteiger partial charge on any atom is -0.347 e. The maximum atomic E-state index is 5.92. The highest BCUT2D eigenvalue weighted by atomic mass is 16.7. The minimum absolute atomic E-state index is 0.251. The van der Waals surface area contributed by atoms with Crippen LogP contribution in [0.2, 0.25) is 0 Å². The van der Waals surface area contributed by atoms with Crippen LogP contribution in [0, 0.1) is 0 Å². The largest absolute Gasteiger partial charge is 0.347 e. The molecule has 0 aromatic carbocycles. The second-order valence-corrected chi connectivity index (χ2v) is 5.83. The maximum Gasteiger partial charge on any atom is 0.170 e. The van der Waals surface area contributed by atoms with Crippen LogP contribution >= 0.6 is 0 Å². The average Bonchev–Trinajstić information content (AvgIpc) is 3.04. The number of rotatable bonds is 3. The summed E-state index contributed by atoms with van der Waals surface area (Å²) in [4.78, 5) is 2.65. The lowest BCUT2D eigenvalue weighted by Gasteiger charge is -2.45. The Bertz CT molecular complexity index is 273. The van der Waals surface area contributed by atoms with Gasteiger partial charge in [-0.2, -0.15) is 0 Å². The smallest absolute Gasteiger partial charge is 0.170 e. The molecule has 1 spiro atoms. The topological polar surface area (TPSA) is 33.7 Å². The van der Waals surface area contributed by atoms with Crippen LogP contribution in [-0.4, -0.2) is 55.6 Å². The van der Waals surface area contributed by atoms with Crippen molar-refractivity contribution in [2.24, 2.45) is 0 Å². The quantitative estimate of drug-likeness (QED) is 0.824. The fourth-order valence-electron chi connectivity index (χ4n) is 3.85. The summed E-state index contributed by atoms with van der Waals surface area (Å²) in [7, 11) is 0. The third-order valence-corrected chi connectivity index (χ3v) is 4.71. The molecule has 1 N–H and O–H groups in total. The SMILES string of the molecule is CCNC1CCC2(CC1N1CCCC1)OCCO2. The van der Waals surface area contributed by atoms with Gasteiger partial charge >= 0.3 is 0 Å². The number of nitrogens with zero attached hydrogens (tertiary/aromatic N) is 1. The van der Waals surface area contributed by atoms with E-state index in [1.807, 2.05) is 0 Å². The number of ether oxygens (including phenoxy) is 2. The highest BCUT2D eigenvalue weighted by Crippen LogP contribution is 2.38. The van der Waals surface area contributed by atoms with Gasteiger partial charge in [0.1, 0.15) is 0 Å². The van der Waals surface area contributed by atoms with Gasteiger partial charge in [0.15, 0.2) is 5.79 Å². The highest BCUT2D eigenvalue weighted by molar-refractivity contribution is 4.97. The van der Waals surface area contributed by atoms with Crippen molar-refractivity contribution in [1.82, 2.24) is 10.2 Å². The fourth-order valence-corrected chi connectivity index (χ4v) is 3.85. The summed E-state index contributed by atoms with van der Waals surface area (Å²) < 4.78 is 11.8. The first-order valence-corrected chi connectivity index (χ1v) is 7.58. The standard InChI is InChI=1S/C14H26N2O2/c1-2-15-12-5-6-14(17-9-10-18-14)11-13(12)16-7-3-4-8-16/h12-13,15H,2-11H2,1H3. The summed E-state index contributed by atoms with van der Waals surface area (Å²) >= 11 is 0. The van der Waals surface area contributed by atoms with Gasteiger partial charge in [-0.25, -0.2) is 0 Å². The van der Waals surface area contributed by atoms with Crippen LogP contribution in [0.3, 0.4) is 0 Å². The molecule has 3 aliphatic rings. The molecule has 0 radical (unpaired) electrons. The zero-order valence-electron chi connectivity index (χ0n) is 11.5. The first-order chi connectivity index (χ1) is 8.83. The van der Waals surface area contributed by atoms with Crippen molar-refractivity contribution in [3.05, 3.63) is 0 Å². The number of likely N-dealkylation sites (tertiary alicyclic amines) is 1. The predicted octanol–water partition coefficient (Wildman–Crippen LogP) is 1.36. The summed E-state index contributed by atoms with van der Waals surface area (Å²) in [5, 5.41) is 3.67. The van der Waals surface area contributed by atoms with Gasteiger partial charge in [-0.1, -0.05) is 6.92 Å². The molecule has 2 aliphatic heterocycles. The minimum atomic E-state index is -0.251. The molecule has 2 atom stereocenters. The number of hydrogen-bond acceptors (Lipinski definition) is 4. The summed E-state index contributed by atoms with van der Waals surface area (Å²) in [5.41, 5.74) is 0. The van der Waals surface area contributed by atoms with Crippen LogP contribution in [-0.2, 0) is 9.47 Å². The van der Waals surface area contributed by atoms with Gasteiger partial charge in [0.2, 0.25) is 0 Å². The second kappa shape index (κ2) is 5.45. The van der Waals surface area contributed by atoms with E-state index >= 15 is 0 Å². The van der Waals surface area contributed by atoms with E-state index in [2.05, 4.69) is 17.1 Å². The molecule has 0 aromatic heterocycles. The van der Waals surface area contributed by atoms with Gasteiger partial charge in [0, 0.05) is 24.9 Å². The highest BCUT2D eigenvalue weighted by Gasteiger charge is 2.46. The van der Waals surface area contributed by atoms with Crippen LogP contribution in [0.15, 0.2) is 0 Å². The number of hydrogen-bond donors (Lipinski definition) is 1. The van der Waals surface area contributed by atoms with Gasteiger partial charge < -0.3 is 14.8 Å². The molecule has 1 aliphatic carbocycles. The molecule has 2 saturated heterocycles. The Hall–Kier alpha value is -0.160. The molecule has 4 heteroatoms. The summed E-state index contributed by atoms with van der Waals surface area (Å²) in [5.74, 6) is -0.251. The van der Waals surface area contributed by atoms with Crippen LogP contribution < -0.4 is 5.32 Å². The summed E-state index contributed by atoms with van der Waals surface area (Å²) in [6.45, 7) is 7.32. The van der Waals surface area contributed by atoms with Crippen LogP contribution in [0.4, 0.5) is 0 Å². The zero-order chi connectivity index (χ0) is 12.4. The van der Waals surface area contributed by atoms with E-state index < -0.39 is 0 Å². The van der Waals surface area contributed by atoms with Crippen LogP contribution in [0.5, 0.6) is 0 Å². The average molecular weight is 254 g/mol. The lowest BCUT2D eigenvalue weighted by Crippen LogP contribution is -2.57. The van der Waals surface area contributed by atoms with Gasteiger partial charge in [0.25, 0.3) is 0 Å². The van der Waals surface area contributed by atoms with Crippen molar-refractivity contribution >= 4 is 0 Å². The monoisotopic (exact) mass is 254 g/mol. The molecule has 3 fully saturated rings. The van der Waals surface area contributed by atoms with Crippen molar-refractivity contribution in [1.29, 1.82) is 0 Å². The molecule has 104 valence electrons. The van der Waals surface area contributed by atoms with Gasteiger partial charge in [-0.05, 0) is 38.9 Å². The molecule has 3 rings (SSSR count). The molecule has 0 aromatic rings. The second-order valence-electron chi connectivity index (χ2n) is 5.83. The van der Waals surface area contributed by atoms with E-state index in [9.17, 15) is 0 Å². The van der Waals surface area contributed by atoms with E-state index in [-0.39, 0.29) is 5.79 Å². The summed E-state index contributed by atoms with van der Waals surface area (Å²) in [6, 6.07) is 1.21. The first-order valence-electron chi connectivity index (χ1n) is 7.58. The van der Waals surface area contributed by atoms with E-state index in [4.69, 9.17) is 9.47 Å². The van der Waals surface area contributed by atoms with Crippen molar-refractivity contribution < 1.29 is 9.47 Å².